The monoisotopic (exact) mass is 375 g/mol. The number of carbonyl (C=O) groups excluding carboxylic acids is 1. The maximum absolute atomic E-state index is 10.8. The van der Waals surface area contributed by atoms with Gasteiger partial charge in [-0.15, -0.1) is 11.3 Å². The molecule has 0 saturated carbocycles. The third-order valence-electron chi connectivity index (χ3n) is 3.53. The van der Waals surface area contributed by atoms with Crippen LogP contribution in [0.25, 0.3) is 0 Å². The van der Waals surface area contributed by atoms with E-state index in [9.17, 15) is 4.79 Å². The Balaban J connectivity index is 1.84. The molecule has 4 N–H and O–H groups in total. The highest BCUT2D eigenvalue weighted by atomic mass is 32.1. The normalized spacial score (nSPS) is 11.5. The molecule has 0 saturated heterocycles. The van der Waals surface area contributed by atoms with Crippen molar-refractivity contribution in [2.45, 2.75) is 32.9 Å². The summed E-state index contributed by atoms with van der Waals surface area (Å²) in [7, 11) is 1.73. The minimum Gasteiger partial charge on any atom is -0.484 e. The number of nitrogens with zero attached hydrogens (tertiary/aromatic N) is 2. The molecule has 1 heterocycles. The van der Waals surface area contributed by atoms with E-state index in [1.807, 2.05) is 18.2 Å². The molecule has 0 atom stereocenters. The van der Waals surface area contributed by atoms with Crippen molar-refractivity contribution in [3.63, 3.8) is 0 Å². The Morgan fingerprint density at radius 2 is 2.12 bits per heavy atom. The quantitative estimate of drug-likeness (QED) is 0.484. The second-order valence-electron chi connectivity index (χ2n) is 6.00. The molecular formula is C18H25N5O2S. The molecule has 0 aliphatic heterocycles. The summed E-state index contributed by atoms with van der Waals surface area (Å²) < 4.78 is 5.31. The average molecular weight is 375 g/mol. The zero-order valence-electron chi connectivity index (χ0n) is 15.3. The average Bonchev–Trinajstić information content (AvgIpc) is 3.10. The minimum atomic E-state index is -0.499. The van der Waals surface area contributed by atoms with Crippen LogP contribution in [0.2, 0.25) is 0 Å². The number of nitrogens with two attached hydrogens (primary N) is 1. The van der Waals surface area contributed by atoms with Crippen molar-refractivity contribution in [1.29, 1.82) is 0 Å². The molecule has 0 unspecified atom stereocenters. The van der Waals surface area contributed by atoms with E-state index in [1.54, 1.807) is 24.5 Å². The second kappa shape index (κ2) is 9.76. The van der Waals surface area contributed by atoms with E-state index in [0.717, 1.165) is 16.3 Å². The Morgan fingerprint density at radius 1 is 1.35 bits per heavy atom. The molecule has 1 aromatic carbocycles. The predicted octanol–water partition coefficient (Wildman–Crippen LogP) is 2.00. The van der Waals surface area contributed by atoms with E-state index >= 15 is 0 Å². The highest BCUT2D eigenvalue weighted by Crippen LogP contribution is 2.17. The van der Waals surface area contributed by atoms with Gasteiger partial charge in [0, 0.05) is 19.0 Å². The number of aromatic nitrogens is 1. The fourth-order valence-electron chi connectivity index (χ4n) is 2.14. The smallest absolute Gasteiger partial charge is 0.255 e. The first-order valence-electron chi connectivity index (χ1n) is 8.36. The van der Waals surface area contributed by atoms with Crippen LogP contribution in [0.15, 0.2) is 34.6 Å². The number of benzene rings is 1. The highest BCUT2D eigenvalue weighted by Gasteiger charge is 2.07. The number of nitrogens with one attached hydrogen (secondary N) is 2. The Morgan fingerprint density at radius 3 is 2.77 bits per heavy atom. The van der Waals surface area contributed by atoms with Gasteiger partial charge in [0.1, 0.15) is 10.8 Å². The highest BCUT2D eigenvalue weighted by molar-refractivity contribution is 7.09. The lowest BCUT2D eigenvalue weighted by molar-refractivity contribution is -0.119. The molecule has 0 fully saturated rings. The lowest BCUT2D eigenvalue weighted by Crippen LogP contribution is -2.36. The standard InChI is InChI=1S/C18H25N5O2S/c1-12(2)15-11-26-17(23-15)9-22-18(20-3)21-8-13-5-4-6-14(7-13)25-10-16(19)24/h4-7,11-12H,8-10H2,1-3H3,(H2,19,24)(H2,20,21,22). The molecule has 26 heavy (non-hydrogen) atoms. The molecule has 0 aliphatic rings. The summed E-state index contributed by atoms with van der Waals surface area (Å²) in [4.78, 5) is 19.6. The molecule has 1 aromatic heterocycles. The van der Waals surface area contributed by atoms with Gasteiger partial charge in [0.2, 0.25) is 0 Å². The first kappa shape index (κ1) is 19.7. The number of aliphatic imine (C=N–C) groups is 1. The largest absolute Gasteiger partial charge is 0.484 e. The van der Waals surface area contributed by atoms with Crippen LogP contribution in [0.4, 0.5) is 0 Å². The zero-order valence-corrected chi connectivity index (χ0v) is 16.1. The number of guanidine groups is 1. The maximum Gasteiger partial charge on any atom is 0.255 e. The van der Waals surface area contributed by atoms with Crippen molar-refractivity contribution in [2.75, 3.05) is 13.7 Å². The van der Waals surface area contributed by atoms with Gasteiger partial charge in [-0.3, -0.25) is 9.79 Å². The Labute approximate surface area is 157 Å². The molecule has 8 heteroatoms. The SMILES string of the molecule is CN=C(NCc1cccc(OCC(N)=O)c1)NCc1nc(C(C)C)cs1. The molecule has 0 aliphatic carbocycles. The summed E-state index contributed by atoms with van der Waals surface area (Å²) >= 11 is 1.64. The topological polar surface area (TPSA) is 102 Å². The van der Waals surface area contributed by atoms with Gasteiger partial charge in [-0.25, -0.2) is 4.98 Å². The van der Waals surface area contributed by atoms with Gasteiger partial charge in [-0.05, 0) is 23.6 Å². The Kier molecular flexibility index (Phi) is 7.40. The van der Waals surface area contributed by atoms with Crippen molar-refractivity contribution >= 4 is 23.2 Å². The number of thiazole rings is 1. The van der Waals surface area contributed by atoms with E-state index in [-0.39, 0.29) is 6.61 Å². The third kappa shape index (κ3) is 6.36. The number of amides is 1. The van der Waals surface area contributed by atoms with Gasteiger partial charge < -0.3 is 21.1 Å². The summed E-state index contributed by atoms with van der Waals surface area (Å²) in [5.74, 6) is 1.23. The molecule has 0 spiro atoms. The van der Waals surface area contributed by atoms with Gasteiger partial charge in [-0.2, -0.15) is 0 Å². The number of carbonyl (C=O) groups is 1. The van der Waals surface area contributed by atoms with Gasteiger partial charge in [-0.1, -0.05) is 26.0 Å². The summed E-state index contributed by atoms with van der Waals surface area (Å²) in [5, 5.41) is 9.62. The summed E-state index contributed by atoms with van der Waals surface area (Å²) in [6.45, 7) is 5.33. The lowest BCUT2D eigenvalue weighted by Gasteiger charge is -2.12. The van der Waals surface area contributed by atoms with Gasteiger partial charge in [0.05, 0.1) is 12.2 Å². The number of hydrogen-bond donors (Lipinski definition) is 3. The van der Waals surface area contributed by atoms with Crippen LogP contribution in [0, 0.1) is 0 Å². The molecule has 140 valence electrons. The molecule has 2 rings (SSSR count). The fourth-order valence-corrected chi connectivity index (χ4v) is 3.03. The van der Waals surface area contributed by atoms with Crippen molar-refractivity contribution in [3.05, 3.63) is 45.9 Å². The van der Waals surface area contributed by atoms with Crippen LogP contribution < -0.4 is 21.1 Å². The molecular weight excluding hydrogens is 350 g/mol. The molecule has 0 radical (unpaired) electrons. The van der Waals surface area contributed by atoms with E-state index < -0.39 is 5.91 Å². The van der Waals surface area contributed by atoms with Crippen molar-refractivity contribution < 1.29 is 9.53 Å². The first-order valence-corrected chi connectivity index (χ1v) is 9.24. The van der Waals surface area contributed by atoms with Crippen LogP contribution >= 0.6 is 11.3 Å². The van der Waals surface area contributed by atoms with E-state index in [4.69, 9.17) is 10.5 Å². The van der Waals surface area contributed by atoms with Gasteiger partial charge in [0.25, 0.3) is 5.91 Å². The second-order valence-corrected chi connectivity index (χ2v) is 6.95. The Bertz CT molecular complexity index is 758. The van der Waals surface area contributed by atoms with Crippen LogP contribution in [0.1, 0.15) is 36.0 Å². The number of primary amides is 1. The number of hydrogen-bond acceptors (Lipinski definition) is 5. The third-order valence-corrected chi connectivity index (χ3v) is 4.40. The summed E-state index contributed by atoms with van der Waals surface area (Å²) in [6.07, 6.45) is 0. The van der Waals surface area contributed by atoms with Gasteiger partial charge >= 0.3 is 0 Å². The predicted molar refractivity (Wildman–Crippen MR) is 104 cm³/mol. The van der Waals surface area contributed by atoms with Gasteiger partial charge in [0.15, 0.2) is 12.6 Å². The molecule has 0 bridgehead atoms. The zero-order chi connectivity index (χ0) is 18.9. The van der Waals surface area contributed by atoms with E-state index in [1.165, 1.54) is 0 Å². The van der Waals surface area contributed by atoms with Crippen LogP contribution in [-0.4, -0.2) is 30.5 Å². The van der Waals surface area contributed by atoms with Crippen LogP contribution in [0.5, 0.6) is 5.75 Å². The summed E-state index contributed by atoms with van der Waals surface area (Å²) in [5.41, 5.74) is 7.21. The van der Waals surface area contributed by atoms with Crippen LogP contribution in [0.3, 0.4) is 0 Å². The van der Waals surface area contributed by atoms with Crippen molar-refractivity contribution in [3.8, 4) is 5.75 Å². The maximum atomic E-state index is 10.8. The molecule has 7 nitrogen and oxygen atoms in total. The van der Waals surface area contributed by atoms with Crippen LogP contribution in [-0.2, 0) is 17.9 Å². The summed E-state index contributed by atoms with van der Waals surface area (Å²) in [6, 6.07) is 7.48. The fraction of sp³-hybridized carbons (Fsp3) is 0.389. The number of rotatable bonds is 8. The lowest BCUT2D eigenvalue weighted by atomic mass is 10.2. The van der Waals surface area contributed by atoms with Crippen molar-refractivity contribution in [1.82, 2.24) is 15.6 Å². The molecule has 2 aromatic rings. The minimum absolute atomic E-state index is 0.133. The Hall–Kier alpha value is -2.61. The van der Waals surface area contributed by atoms with E-state index in [2.05, 4.69) is 39.8 Å². The van der Waals surface area contributed by atoms with Crippen molar-refractivity contribution in [2.24, 2.45) is 10.7 Å². The van der Waals surface area contributed by atoms with E-state index in [0.29, 0.717) is 30.7 Å². The first-order chi connectivity index (χ1) is 12.5. The number of ether oxygens (including phenoxy) is 1. The molecule has 1 amide bonds.